The van der Waals surface area contributed by atoms with Crippen LogP contribution in [0.3, 0.4) is 0 Å². The average molecular weight is 517 g/mol. The van der Waals surface area contributed by atoms with E-state index in [-0.39, 0.29) is 15.6 Å². The topological polar surface area (TPSA) is 92.3 Å². The van der Waals surface area contributed by atoms with E-state index in [1.165, 1.54) is 41.7 Å². The van der Waals surface area contributed by atoms with E-state index in [4.69, 9.17) is 23.2 Å². The quantitative estimate of drug-likeness (QED) is 0.311. The number of thioether (sulfide) groups is 1. The Morgan fingerprint density at radius 3 is 2.58 bits per heavy atom. The van der Waals surface area contributed by atoms with E-state index in [1.807, 2.05) is 0 Å². The predicted molar refractivity (Wildman–Crippen MR) is 127 cm³/mol. The molecule has 1 amide bonds. The Morgan fingerprint density at radius 2 is 1.90 bits per heavy atom. The van der Waals surface area contributed by atoms with Gasteiger partial charge in [0.25, 0.3) is 10.0 Å². The average Bonchev–Trinajstić information content (AvgIpc) is 3.18. The first kappa shape index (κ1) is 23.8. The summed E-state index contributed by atoms with van der Waals surface area (Å²) in [5.74, 6) is 0.314. The van der Waals surface area contributed by atoms with Gasteiger partial charge in [-0.15, -0.1) is 10.2 Å². The van der Waals surface area contributed by atoms with Crippen LogP contribution >= 0.6 is 46.3 Å². The van der Waals surface area contributed by atoms with Gasteiger partial charge in [-0.3, -0.25) is 14.4 Å². The van der Waals surface area contributed by atoms with E-state index in [0.29, 0.717) is 10.2 Å². The molecule has 31 heavy (non-hydrogen) atoms. The van der Waals surface area contributed by atoms with Crippen molar-refractivity contribution in [2.45, 2.75) is 22.6 Å². The molecule has 2 aromatic carbocycles. The van der Waals surface area contributed by atoms with Gasteiger partial charge in [0.2, 0.25) is 11.0 Å². The zero-order valence-corrected chi connectivity index (χ0v) is 20.2. The molecule has 0 fully saturated rings. The molecule has 1 N–H and O–H groups in total. The number of carbonyl (C=O) groups is 1. The molecule has 0 saturated heterocycles. The molecule has 0 aliphatic carbocycles. The molecule has 0 radical (unpaired) electrons. The van der Waals surface area contributed by atoms with Gasteiger partial charge in [-0.2, -0.15) is 0 Å². The molecule has 12 heteroatoms. The summed E-state index contributed by atoms with van der Waals surface area (Å²) < 4.78 is 28.3. The highest BCUT2D eigenvalue weighted by Crippen LogP contribution is 2.33. The number of benzene rings is 2. The van der Waals surface area contributed by atoms with Crippen LogP contribution in [0.15, 0.2) is 57.8 Å². The second-order valence-corrected chi connectivity index (χ2v) is 11.2. The number of amides is 1. The van der Waals surface area contributed by atoms with Crippen molar-refractivity contribution < 1.29 is 13.2 Å². The lowest BCUT2D eigenvalue weighted by Crippen LogP contribution is -2.38. The summed E-state index contributed by atoms with van der Waals surface area (Å²) in [7, 11) is -4.08. The first-order chi connectivity index (χ1) is 14.8. The molecule has 1 aromatic heterocycles. The number of hydrogen-bond donors (Lipinski definition) is 1. The lowest BCUT2D eigenvalue weighted by atomic mass is 10.3. The number of hydrogen-bond acceptors (Lipinski definition) is 7. The van der Waals surface area contributed by atoms with Gasteiger partial charge in [-0.05, 0) is 36.8 Å². The van der Waals surface area contributed by atoms with Gasteiger partial charge in [-0.1, -0.05) is 71.4 Å². The first-order valence-electron chi connectivity index (χ1n) is 9.10. The van der Waals surface area contributed by atoms with Crippen LogP contribution in [-0.2, 0) is 14.8 Å². The number of rotatable bonds is 9. The van der Waals surface area contributed by atoms with Crippen molar-refractivity contribution >= 4 is 73.0 Å². The predicted octanol–water partition coefficient (Wildman–Crippen LogP) is 5.18. The van der Waals surface area contributed by atoms with E-state index < -0.39 is 22.5 Å². The summed E-state index contributed by atoms with van der Waals surface area (Å²) >= 11 is 15.0. The van der Waals surface area contributed by atoms with Crippen LogP contribution in [0.4, 0.5) is 10.8 Å². The SMILES string of the molecule is CCCSc1nnc(NC(=O)CN(c2ccc(Cl)cc2Cl)S(=O)(=O)c2ccccc2)s1. The van der Waals surface area contributed by atoms with E-state index in [2.05, 4.69) is 22.4 Å². The van der Waals surface area contributed by atoms with Crippen molar-refractivity contribution in [3.8, 4) is 0 Å². The Bertz CT molecular complexity index is 1160. The van der Waals surface area contributed by atoms with Crippen LogP contribution < -0.4 is 9.62 Å². The molecule has 0 unspecified atom stereocenters. The molecular weight excluding hydrogens is 499 g/mol. The van der Waals surface area contributed by atoms with E-state index in [9.17, 15) is 13.2 Å². The summed E-state index contributed by atoms with van der Waals surface area (Å²) in [6, 6.07) is 12.2. The van der Waals surface area contributed by atoms with E-state index in [0.717, 1.165) is 20.8 Å². The highest BCUT2D eigenvalue weighted by atomic mass is 35.5. The number of halogens is 2. The molecule has 0 aliphatic heterocycles. The van der Waals surface area contributed by atoms with Crippen molar-refractivity contribution in [2.24, 2.45) is 0 Å². The fraction of sp³-hybridized carbons (Fsp3) is 0.211. The molecule has 0 saturated carbocycles. The van der Waals surface area contributed by atoms with Crippen LogP contribution in [0.1, 0.15) is 13.3 Å². The Kier molecular flexibility index (Phi) is 8.17. The highest BCUT2D eigenvalue weighted by Gasteiger charge is 2.29. The van der Waals surface area contributed by atoms with Crippen LogP contribution in [0.25, 0.3) is 0 Å². The van der Waals surface area contributed by atoms with E-state index in [1.54, 1.807) is 30.0 Å². The smallest absolute Gasteiger partial charge is 0.264 e. The standard InChI is InChI=1S/C19H18Cl2N4O3S3/c1-2-10-29-19-24-23-18(30-19)22-17(26)12-25(16-9-8-13(20)11-15(16)21)31(27,28)14-6-4-3-5-7-14/h3-9,11H,2,10,12H2,1H3,(H,22,23,26). The van der Waals surface area contributed by atoms with Crippen molar-refractivity contribution in [3.05, 3.63) is 58.6 Å². The van der Waals surface area contributed by atoms with Crippen LogP contribution in [0, 0.1) is 0 Å². The second kappa shape index (κ2) is 10.6. The van der Waals surface area contributed by atoms with Crippen LogP contribution in [-0.4, -0.2) is 36.8 Å². The molecule has 0 aliphatic rings. The maximum atomic E-state index is 13.3. The molecule has 164 valence electrons. The maximum Gasteiger partial charge on any atom is 0.264 e. The lowest BCUT2D eigenvalue weighted by molar-refractivity contribution is -0.114. The van der Waals surface area contributed by atoms with Gasteiger partial charge >= 0.3 is 0 Å². The summed E-state index contributed by atoms with van der Waals surface area (Å²) in [4.78, 5) is 12.8. The molecule has 0 spiro atoms. The fourth-order valence-corrected chi connectivity index (χ4v) is 6.21. The number of carbonyl (C=O) groups excluding carboxylic acids is 1. The van der Waals surface area contributed by atoms with Gasteiger partial charge in [0.15, 0.2) is 4.34 Å². The summed E-state index contributed by atoms with van der Waals surface area (Å²) in [6.07, 6.45) is 0.986. The van der Waals surface area contributed by atoms with Crippen LogP contribution in [0.5, 0.6) is 0 Å². The lowest BCUT2D eigenvalue weighted by Gasteiger charge is -2.24. The number of aromatic nitrogens is 2. The third kappa shape index (κ3) is 6.11. The van der Waals surface area contributed by atoms with E-state index >= 15 is 0 Å². The minimum atomic E-state index is -4.08. The van der Waals surface area contributed by atoms with Gasteiger partial charge < -0.3 is 0 Å². The van der Waals surface area contributed by atoms with Gasteiger partial charge in [0.1, 0.15) is 6.54 Å². The summed E-state index contributed by atoms with van der Waals surface area (Å²) in [5, 5.41) is 11.3. The number of nitrogens with one attached hydrogen (secondary N) is 1. The van der Waals surface area contributed by atoms with Crippen molar-refractivity contribution in [1.82, 2.24) is 10.2 Å². The minimum absolute atomic E-state index is 0.0305. The van der Waals surface area contributed by atoms with Crippen LogP contribution in [0.2, 0.25) is 10.0 Å². The van der Waals surface area contributed by atoms with Crippen molar-refractivity contribution in [3.63, 3.8) is 0 Å². The molecule has 0 bridgehead atoms. The Balaban J connectivity index is 1.88. The molecule has 7 nitrogen and oxygen atoms in total. The third-order valence-electron chi connectivity index (χ3n) is 3.88. The van der Waals surface area contributed by atoms with Gasteiger partial charge in [0.05, 0.1) is 15.6 Å². The second-order valence-electron chi connectivity index (χ2n) is 6.19. The summed E-state index contributed by atoms with van der Waals surface area (Å²) in [5.41, 5.74) is 0.140. The minimum Gasteiger partial charge on any atom is -0.299 e. The molecular formula is C19H18Cl2N4O3S3. The first-order valence-corrected chi connectivity index (χ1v) is 13.1. The van der Waals surface area contributed by atoms with Gasteiger partial charge in [0, 0.05) is 10.8 Å². The van der Waals surface area contributed by atoms with Crippen molar-refractivity contribution in [1.29, 1.82) is 0 Å². The Labute approximate surface area is 198 Å². The zero-order chi connectivity index (χ0) is 22.4. The van der Waals surface area contributed by atoms with Crippen molar-refractivity contribution in [2.75, 3.05) is 21.9 Å². The largest absolute Gasteiger partial charge is 0.299 e. The summed E-state index contributed by atoms with van der Waals surface area (Å²) in [6.45, 7) is 1.55. The Morgan fingerprint density at radius 1 is 1.16 bits per heavy atom. The van der Waals surface area contributed by atoms with Gasteiger partial charge in [-0.25, -0.2) is 8.42 Å². The monoisotopic (exact) mass is 516 g/mol. The number of sulfonamides is 1. The molecule has 0 atom stereocenters. The fourth-order valence-electron chi connectivity index (χ4n) is 2.50. The Hall–Kier alpha value is -1.85. The molecule has 3 aromatic rings. The molecule has 1 heterocycles. The normalized spacial score (nSPS) is 11.3. The zero-order valence-electron chi connectivity index (χ0n) is 16.3. The molecule has 3 rings (SSSR count). The highest BCUT2D eigenvalue weighted by molar-refractivity contribution is 8.01. The number of anilines is 2. The maximum absolute atomic E-state index is 13.3. The third-order valence-corrected chi connectivity index (χ3v) is 8.37. The number of nitrogens with zero attached hydrogens (tertiary/aromatic N) is 3.